The summed E-state index contributed by atoms with van der Waals surface area (Å²) in [6, 6.07) is 5.39. The Morgan fingerprint density at radius 3 is 2.44 bits per heavy atom. The minimum Gasteiger partial charge on any atom is -0.328 e. The molecule has 3 aliphatic rings. The molecule has 1 atom stereocenters. The van der Waals surface area contributed by atoms with E-state index in [1.165, 1.54) is 22.5 Å². The van der Waals surface area contributed by atoms with E-state index in [0.29, 0.717) is 24.6 Å². The summed E-state index contributed by atoms with van der Waals surface area (Å²) >= 11 is 0. The van der Waals surface area contributed by atoms with E-state index < -0.39 is 39.5 Å². The molecule has 1 saturated heterocycles. The topological polar surface area (TPSA) is 70.6 Å². The zero-order valence-electron chi connectivity index (χ0n) is 18.1. The summed E-state index contributed by atoms with van der Waals surface area (Å²) < 4.78 is 80.0. The largest absolute Gasteiger partial charge is 0.417 e. The van der Waals surface area contributed by atoms with Crippen LogP contribution < -0.4 is 0 Å². The summed E-state index contributed by atoms with van der Waals surface area (Å²) in [6.45, 7) is 6.08. The maximum Gasteiger partial charge on any atom is 0.417 e. The fraction of sp³-hybridized carbons (Fsp3) is 0.391. The number of aromatic nitrogens is 1. The number of alkyl halides is 3. The van der Waals surface area contributed by atoms with Gasteiger partial charge in [0.25, 0.3) is 5.91 Å². The van der Waals surface area contributed by atoms with Crippen LogP contribution in [0, 0.1) is 11.2 Å². The van der Waals surface area contributed by atoms with Crippen molar-refractivity contribution < 1.29 is 30.8 Å². The van der Waals surface area contributed by atoms with Gasteiger partial charge in [-0.2, -0.15) is 17.5 Å². The van der Waals surface area contributed by atoms with Crippen molar-refractivity contribution >= 4 is 21.5 Å². The van der Waals surface area contributed by atoms with Crippen LogP contribution in [0.1, 0.15) is 41.4 Å². The second-order valence-electron chi connectivity index (χ2n) is 9.30. The number of rotatable bonds is 3. The predicted octanol–water partition coefficient (Wildman–Crippen LogP) is 3.95. The number of sulfonamides is 1. The molecule has 1 aromatic carbocycles. The predicted molar refractivity (Wildman–Crippen MR) is 115 cm³/mol. The zero-order valence-corrected chi connectivity index (χ0v) is 19.0. The Bertz CT molecular complexity index is 1310. The van der Waals surface area contributed by atoms with Gasteiger partial charge < -0.3 is 4.90 Å². The summed E-state index contributed by atoms with van der Waals surface area (Å²) in [5.41, 5.74) is -0.823. The van der Waals surface area contributed by atoms with Gasteiger partial charge in [-0.05, 0) is 43.5 Å². The highest BCUT2D eigenvalue weighted by Gasteiger charge is 2.58. The molecule has 1 amide bonds. The number of fused-ring (bicyclic) bond motifs is 1. The van der Waals surface area contributed by atoms with Gasteiger partial charge in [0.05, 0.1) is 11.6 Å². The van der Waals surface area contributed by atoms with Crippen LogP contribution in [-0.4, -0.2) is 53.7 Å². The fourth-order valence-corrected chi connectivity index (χ4v) is 7.00. The van der Waals surface area contributed by atoms with Crippen molar-refractivity contribution in [2.75, 3.05) is 13.1 Å². The van der Waals surface area contributed by atoms with Crippen LogP contribution in [0.15, 0.2) is 48.0 Å². The van der Waals surface area contributed by atoms with Gasteiger partial charge in [-0.3, -0.25) is 4.79 Å². The minimum atomic E-state index is -4.58. The second-order valence-corrected chi connectivity index (χ2v) is 11.2. The number of hydrogen-bond donors (Lipinski definition) is 0. The van der Waals surface area contributed by atoms with Crippen molar-refractivity contribution in [2.45, 2.75) is 42.9 Å². The Kier molecular flexibility index (Phi) is 4.97. The molecule has 1 unspecified atom stereocenters. The van der Waals surface area contributed by atoms with E-state index in [9.17, 15) is 30.8 Å². The standard InChI is InChI=1S/C23H21F4N3O3S/c1-13-14(2)30(21(31)20-17(13)7-15(10-28-20)23(25,26)27)16-8-22(9-16)11-29(12-22)34(32,33)19-6-4-3-5-18(19)24/h3-7,10,14,16H,1,8-9,11-12H2,2H3. The molecular formula is C23H21F4N3O3S. The number of nitrogens with zero attached hydrogens (tertiary/aromatic N) is 3. The first-order valence-electron chi connectivity index (χ1n) is 10.7. The molecule has 1 spiro atoms. The summed E-state index contributed by atoms with van der Waals surface area (Å²) in [4.78, 5) is 18.2. The van der Waals surface area contributed by atoms with E-state index in [0.717, 1.165) is 12.1 Å². The van der Waals surface area contributed by atoms with Crippen molar-refractivity contribution in [3.8, 4) is 0 Å². The third-order valence-electron chi connectivity index (χ3n) is 7.13. The lowest BCUT2D eigenvalue weighted by atomic mass is 9.60. The molecule has 0 bridgehead atoms. The summed E-state index contributed by atoms with van der Waals surface area (Å²) in [5.74, 6) is -1.26. The highest BCUT2D eigenvalue weighted by atomic mass is 32.2. The van der Waals surface area contributed by atoms with Crippen molar-refractivity contribution in [3.63, 3.8) is 0 Å². The van der Waals surface area contributed by atoms with Crippen LogP contribution in [-0.2, 0) is 16.2 Å². The Labute approximate surface area is 193 Å². The third-order valence-corrected chi connectivity index (χ3v) is 8.95. The highest BCUT2D eigenvalue weighted by molar-refractivity contribution is 7.89. The highest BCUT2D eigenvalue weighted by Crippen LogP contribution is 2.53. The van der Waals surface area contributed by atoms with Crippen LogP contribution in [0.25, 0.3) is 5.57 Å². The van der Waals surface area contributed by atoms with Gasteiger partial charge in [0.15, 0.2) is 0 Å². The van der Waals surface area contributed by atoms with Crippen LogP contribution in [0.3, 0.4) is 0 Å². The molecule has 11 heteroatoms. The summed E-state index contributed by atoms with van der Waals surface area (Å²) in [5, 5.41) is 0. The molecule has 2 aromatic rings. The first kappa shape index (κ1) is 23.0. The smallest absolute Gasteiger partial charge is 0.328 e. The maximum absolute atomic E-state index is 14.0. The van der Waals surface area contributed by atoms with Gasteiger partial charge in [0.1, 0.15) is 16.4 Å². The number of carbonyl (C=O) groups excluding carboxylic acids is 1. The Morgan fingerprint density at radius 2 is 1.82 bits per heavy atom. The van der Waals surface area contributed by atoms with Crippen LogP contribution in [0.2, 0.25) is 0 Å². The molecule has 0 N–H and O–H groups in total. The van der Waals surface area contributed by atoms with Gasteiger partial charge in [-0.1, -0.05) is 18.7 Å². The number of amides is 1. The molecule has 2 aliphatic heterocycles. The number of halogens is 4. The van der Waals surface area contributed by atoms with Crippen LogP contribution >= 0.6 is 0 Å². The summed E-state index contributed by atoms with van der Waals surface area (Å²) in [6.07, 6.45) is -2.85. The van der Waals surface area contributed by atoms with E-state index in [-0.39, 0.29) is 40.7 Å². The monoisotopic (exact) mass is 495 g/mol. The molecule has 5 rings (SSSR count). The average molecular weight is 495 g/mol. The molecule has 180 valence electrons. The first-order chi connectivity index (χ1) is 15.8. The first-order valence-corrected chi connectivity index (χ1v) is 12.1. The number of carbonyl (C=O) groups is 1. The Balaban J connectivity index is 1.30. The van der Waals surface area contributed by atoms with E-state index >= 15 is 0 Å². The van der Waals surface area contributed by atoms with Gasteiger partial charge in [0, 0.05) is 36.3 Å². The lowest BCUT2D eigenvalue weighted by molar-refractivity contribution is -0.137. The average Bonchev–Trinajstić information content (AvgIpc) is 2.71. The molecule has 6 nitrogen and oxygen atoms in total. The normalized spacial score (nSPS) is 23.0. The number of pyridine rings is 1. The van der Waals surface area contributed by atoms with Crippen molar-refractivity contribution in [3.05, 3.63) is 65.7 Å². The fourth-order valence-electron chi connectivity index (χ4n) is 5.27. The van der Waals surface area contributed by atoms with E-state index in [2.05, 4.69) is 11.6 Å². The van der Waals surface area contributed by atoms with E-state index in [1.54, 1.807) is 11.8 Å². The van der Waals surface area contributed by atoms with Gasteiger partial charge in [0.2, 0.25) is 10.0 Å². The Hall–Kier alpha value is -2.79. The van der Waals surface area contributed by atoms with Crippen LogP contribution in [0.5, 0.6) is 0 Å². The van der Waals surface area contributed by atoms with Crippen molar-refractivity contribution in [2.24, 2.45) is 5.41 Å². The van der Waals surface area contributed by atoms with E-state index in [4.69, 9.17) is 0 Å². The van der Waals surface area contributed by atoms with Gasteiger partial charge in [-0.25, -0.2) is 17.8 Å². The van der Waals surface area contributed by atoms with Crippen molar-refractivity contribution in [1.29, 1.82) is 0 Å². The zero-order chi connectivity index (χ0) is 24.6. The lowest BCUT2D eigenvalue weighted by Crippen LogP contribution is -2.69. The number of benzene rings is 1. The molecule has 0 radical (unpaired) electrons. The SMILES string of the molecule is C=C1c2cc(C(F)(F)F)cnc2C(=O)N(C2CC3(C2)CN(S(=O)(=O)c2ccccc2F)C3)C1C. The Morgan fingerprint density at radius 1 is 1.18 bits per heavy atom. The third kappa shape index (κ3) is 3.36. The van der Waals surface area contributed by atoms with Gasteiger partial charge in [-0.15, -0.1) is 0 Å². The van der Waals surface area contributed by atoms with Gasteiger partial charge >= 0.3 is 6.18 Å². The van der Waals surface area contributed by atoms with Crippen molar-refractivity contribution in [1.82, 2.24) is 14.2 Å². The molecule has 1 saturated carbocycles. The minimum absolute atomic E-state index is 0.0607. The molecular weight excluding hydrogens is 474 g/mol. The van der Waals surface area contributed by atoms with E-state index in [1.807, 2.05) is 0 Å². The number of hydrogen-bond acceptors (Lipinski definition) is 4. The molecule has 1 aromatic heterocycles. The molecule has 1 aliphatic carbocycles. The molecule has 2 fully saturated rings. The second kappa shape index (κ2) is 7.35. The van der Waals surface area contributed by atoms with Crippen LogP contribution in [0.4, 0.5) is 17.6 Å². The molecule has 3 heterocycles. The lowest BCUT2D eigenvalue weighted by Gasteiger charge is -2.61. The quantitative estimate of drug-likeness (QED) is 0.605. The molecule has 34 heavy (non-hydrogen) atoms. The maximum atomic E-state index is 14.0. The summed E-state index contributed by atoms with van der Waals surface area (Å²) in [7, 11) is -3.95.